The average Bonchev–Trinajstić information content (AvgIpc) is 1.41. The monoisotopic (exact) mass is 256 g/mol. The fourth-order valence-corrected chi connectivity index (χ4v) is 2.05. The van der Waals surface area contributed by atoms with Crippen molar-refractivity contribution in [3.05, 3.63) is 0 Å². The molecule has 2 heteroatoms. The maximum absolute atomic E-state index is 2.30. The van der Waals surface area contributed by atoms with Crippen molar-refractivity contribution in [2.45, 2.75) is 22.2 Å². The van der Waals surface area contributed by atoms with Gasteiger partial charge in [0.05, 0.1) is 0 Å². The van der Waals surface area contributed by atoms with Crippen molar-refractivity contribution in [2.75, 3.05) is 0 Å². The second kappa shape index (κ2) is 9.27. The van der Waals surface area contributed by atoms with Crippen molar-refractivity contribution in [3.8, 4) is 0 Å². The summed E-state index contributed by atoms with van der Waals surface area (Å²) in [6.07, 6.45) is 0. The van der Waals surface area contributed by atoms with Gasteiger partial charge in [0.25, 0.3) is 0 Å². The smallest absolute Gasteiger partial charge is 0.412 e. The maximum Gasteiger partial charge on any atom is -0.412 e. The van der Waals surface area contributed by atoms with Gasteiger partial charge in [0.1, 0.15) is 0 Å². The largest absolute Gasteiger partial charge is 0.412 e. The Bertz CT molecular complexity index is 15.0. The fourth-order valence-electron chi connectivity index (χ4n) is 0.250. The van der Waals surface area contributed by atoms with Crippen LogP contribution in [0.15, 0.2) is 0 Å². The molecular weight excluding hydrogens is 243 g/mol. The predicted molar refractivity (Wildman–Crippen MR) is 24.6 cm³/mol. The molecule has 0 heterocycles. The summed E-state index contributed by atoms with van der Waals surface area (Å²) in [5.41, 5.74) is 0. The Morgan fingerprint density at radius 1 is 1.17 bits per heavy atom. The Morgan fingerprint density at radius 3 is 1.50 bits per heavy atom. The normalized spacial score (nSPS) is 6.33. The van der Waals surface area contributed by atoms with Gasteiger partial charge < -0.3 is 5.48 Å². The summed E-state index contributed by atoms with van der Waals surface area (Å²) in [4.78, 5) is 0. The Hall–Kier alpha value is 0.830. The molecule has 0 atom stereocenters. The summed E-state index contributed by atoms with van der Waals surface area (Å²) in [5.74, 6) is 0. The van der Waals surface area contributed by atoms with E-state index < -0.39 is 0 Å². The van der Waals surface area contributed by atoms with E-state index in [0.29, 0.717) is 0 Å². The first-order valence-electron chi connectivity index (χ1n) is 2.12. The first-order valence-corrected chi connectivity index (χ1v) is 7.20. The van der Waals surface area contributed by atoms with Crippen molar-refractivity contribution in [3.63, 3.8) is 0 Å². The van der Waals surface area contributed by atoms with E-state index in [-0.39, 0.29) is 28.4 Å². The van der Waals surface area contributed by atoms with Crippen LogP contribution in [0.2, 0.25) is 8.35 Å². The quantitative estimate of drug-likeness (QED) is 0.662. The molecule has 0 fully saturated rings. The van der Waals surface area contributed by atoms with Crippen molar-refractivity contribution in [2.24, 2.45) is 0 Å². The second-order valence-corrected chi connectivity index (χ2v) is 7.83. The van der Waals surface area contributed by atoms with E-state index in [0.717, 1.165) is 0 Å². The zero-order valence-corrected chi connectivity index (χ0v) is 8.01. The van der Waals surface area contributed by atoms with Crippen molar-refractivity contribution < 1.29 is 28.4 Å². The molecule has 0 aliphatic heterocycles. The molecule has 38 valence electrons. The van der Waals surface area contributed by atoms with E-state index in [1.807, 2.05) is 0 Å². The van der Waals surface area contributed by atoms with Crippen LogP contribution in [-0.2, 0) is 22.9 Å². The minimum atomic E-state index is 0. The van der Waals surface area contributed by atoms with Gasteiger partial charge >= 0.3 is 45.1 Å². The van der Waals surface area contributed by atoms with Crippen molar-refractivity contribution >= 4 is 0 Å². The van der Waals surface area contributed by atoms with Crippen molar-refractivity contribution in [1.82, 2.24) is 0 Å². The summed E-state index contributed by atoms with van der Waals surface area (Å²) in [6.45, 7) is 4.60. The zero-order valence-electron chi connectivity index (χ0n) is 4.41. The standard InChI is InChI=1S/2C2H5.Hf.H2O/c2*1-2;;/h2*1H2,2H3;;1H2. The fraction of sp³-hybridized carbons (Fsp3) is 1.00. The van der Waals surface area contributed by atoms with Crippen LogP contribution in [0.5, 0.6) is 0 Å². The van der Waals surface area contributed by atoms with Gasteiger partial charge in [0.2, 0.25) is 0 Å². The van der Waals surface area contributed by atoms with Crippen LogP contribution in [0.4, 0.5) is 0 Å². The van der Waals surface area contributed by atoms with E-state index in [1.165, 1.54) is 8.35 Å². The number of rotatable bonds is 2. The van der Waals surface area contributed by atoms with E-state index in [2.05, 4.69) is 13.8 Å². The molecule has 2 N–H and O–H groups in total. The molecule has 0 bridgehead atoms. The average molecular weight is 255 g/mol. The van der Waals surface area contributed by atoms with Gasteiger partial charge in [-0.2, -0.15) is 0 Å². The molecule has 1 nitrogen and oxygen atoms in total. The summed E-state index contributed by atoms with van der Waals surface area (Å²) in [7, 11) is 0. The molecule has 0 spiro atoms. The molecule has 0 aromatic heterocycles. The van der Waals surface area contributed by atoms with Gasteiger partial charge in [-0.15, -0.1) is 0 Å². The Balaban J connectivity index is 0. The SMILES string of the molecule is C[CH2][Hf][CH2]C.O. The molecular formula is C4H12HfO. The minimum absolute atomic E-state index is 0. The Morgan fingerprint density at radius 2 is 1.50 bits per heavy atom. The molecule has 0 rings (SSSR count). The van der Waals surface area contributed by atoms with Crippen LogP contribution >= 0.6 is 0 Å². The third-order valence-electron chi connectivity index (χ3n) is 0.500. The van der Waals surface area contributed by atoms with E-state index in [9.17, 15) is 0 Å². The van der Waals surface area contributed by atoms with Crippen LogP contribution in [0.3, 0.4) is 0 Å². The molecule has 0 aromatic rings. The maximum atomic E-state index is 2.30. The van der Waals surface area contributed by atoms with Gasteiger partial charge in [-0.3, -0.25) is 0 Å². The van der Waals surface area contributed by atoms with E-state index in [4.69, 9.17) is 0 Å². The molecule has 0 aliphatic carbocycles. The summed E-state index contributed by atoms with van der Waals surface area (Å²) in [5, 5.41) is 0. The van der Waals surface area contributed by atoms with Crippen LogP contribution in [-0.4, -0.2) is 5.48 Å². The second-order valence-electron chi connectivity index (χ2n) is 0.957. The summed E-state index contributed by atoms with van der Waals surface area (Å²) >= 11 is 0.0494. The molecule has 0 radical (unpaired) electrons. The minimum Gasteiger partial charge on any atom is -0.412 e. The van der Waals surface area contributed by atoms with Gasteiger partial charge in [0.15, 0.2) is 0 Å². The first-order chi connectivity index (χ1) is 2.41. The van der Waals surface area contributed by atoms with Crippen LogP contribution < -0.4 is 0 Å². The third-order valence-corrected chi connectivity index (χ3v) is 4.09. The first kappa shape index (κ1) is 9.95. The summed E-state index contributed by atoms with van der Waals surface area (Å²) < 4.78 is 3.08. The van der Waals surface area contributed by atoms with Crippen LogP contribution in [0.1, 0.15) is 13.8 Å². The van der Waals surface area contributed by atoms with Crippen LogP contribution in [0.25, 0.3) is 0 Å². The molecule has 0 amide bonds. The Kier molecular flexibility index (Phi) is 15.4. The molecule has 0 unspecified atom stereocenters. The number of hydrogen-bond donors (Lipinski definition) is 0. The molecule has 0 saturated carbocycles. The molecule has 0 saturated heterocycles. The van der Waals surface area contributed by atoms with E-state index in [1.54, 1.807) is 0 Å². The number of hydrogen-bond acceptors (Lipinski definition) is 0. The van der Waals surface area contributed by atoms with Crippen LogP contribution in [0, 0.1) is 0 Å². The zero-order chi connectivity index (χ0) is 4.12. The van der Waals surface area contributed by atoms with Gasteiger partial charge in [-0.25, -0.2) is 0 Å². The van der Waals surface area contributed by atoms with Gasteiger partial charge in [-0.05, 0) is 0 Å². The third kappa shape index (κ3) is 8.85. The van der Waals surface area contributed by atoms with Gasteiger partial charge in [0, 0.05) is 0 Å². The Labute approximate surface area is 50.8 Å². The predicted octanol–water partition coefficient (Wildman–Crippen LogP) is 1.12. The van der Waals surface area contributed by atoms with E-state index >= 15 is 0 Å². The molecule has 6 heavy (non-hydrogen) atoms. The molecule has 0 aliphatic rings. The van der Waals surface area contributed by atoms with Gasteiger partial charge in [-0.1, -0.05) is 0 Å². The summed E-state index contributed by atoms with van der Waals surface area (Å²) in [6, 6.07) is 0. The molecule has 0 aromatic carbocycles. The topological polar surface area (TPSA) is 31.5 Å². The van der Waals surface area contributed by atoms with Crippen molar-refractivity contribution in [1.29, 1.82) is 0 Å².